The summed E-state index contributed by atoms with van der Waals surface area (Å²) in [4.78, 5) is 0. The zero-order valence-corrected chi connectivity index (χ0v) is 15.9. The lowest BCUT2D eigenvalue weighted by molar-refractivity contribution is -0.196. The van der Waals surface area contributed by atoms with Gasteiger partial charge in [0.2, 0.25) is 0 Å². The Labute approximate surface area is 167 Å². The van der Waals surface area contributed by atoms with Crippen molar-refractivity contribution in [3.05, 3.63) is 71.8 Å². The van der Waals surface area contributed by atoms with Crippen LogP contribution in [0.1, 0.15) is 11.1 Å². The second-order valence-corrected chi connectivity index (χ2v) is 7.62. The first kappa shape index (κ1) is 23.5. The van der Waals surface area contributed by atoms with E-state index < -0.39 is 48.0 Å². The SMILES string of the molecule is FC(F)(CSCC(F)(F)C(F)(F)Cc1ccccc1)C(F)(F)Cc1ccccc1. The van der Waals surface area contributed by atoms with E-state index in [2.05, 4.69) is 0 Å². The van der Waals surface area contributed by atoms with Crippen molar-refractivity contribution in [2.75, 3.05) is 11.5 Å². The number of halogens is 8. The lowest BCUT2D eigenvalue weighted by atomic mass is 10.0. The molecule has 0 fully saturated rings. The molecule has 29 heavy (non-hydrogen) atoms. The Morgan fingerprint density at radius 2 is 0.793 bits per heavy atom. The van der Waals surface area contributed by atoms with E-state index in [1.807, 2.05) is 0 Å². The zero-order valence-electron chi connectivity index (χ0n) is 15.0. The van der Waals surface area contributed by atoms with E-state index >= 15 is 0 Å². The molecule has 0 radical (unpaired) electrons. The van der Waals surface area contributed by atoms with E-state index in [1.165, 1.54) is 60.7 Å². The number of rotatable bonds is 10. The maximum atomic E-state index is 13.9. The third-order valence-electron chi connectivity index (χ3n) is 4.17. The van der Waals surface area contributed by atoms with Crippen LogP contribution in [0.5, 0.6) is 0 Å². The van der Waals surface area contributed by atoms with Gasteiger partial charge in [-0.05, 0) is 11.1 Å². The van der Waals surface area contributed by atoms with Crippen molar-refractivity contribution >= 4 is 11.8 Å². The lowest BCUT2D eigenvalue weighted by Crippen LogP contribution is -2.47. The predicted octanol–water partition coefficient (Wildman–Crippen LogP) is 6.75. The van der Waals surface area contributed by atoms with Crippen LogP contribution in [0.2, 0.25) is 0 Å². The van der Waals surface area contributed by atoms with Gasteiger partial charge in [0, 0.05) is 12.8 Å². The van der Waals surface area contributed by atoms with Crippen LogP contribution in [0.15, 0.2) is 60.7 Å². The number of thioether (sulfide) groups is 1. The molecule has 160 valence electrons. The van der Waals surface area contributed by atoms with Gasteiger partial charge in [-0.1, -0.05) is 60.7 Å². The van der Waals surface area contributed by atoms with Crippen LogP contribution in [0.3, 0.4) is 0 Å². The normalized spacial score (nSPS) is 13.5. The average molecular weight is 442 g/mol. The van der Waals surface area contributed by atoms with Gasteiger partial charge >= 0.3 is 23.7 Å². The molecule has 0 heterocycles. The van der Waals surface area contributed by atoms with Crippen molar-refractivity contribution in [2.24, 2.45) is 0 Å². The van der Waals surface area contributed by atoms with Crippen LogP contribution in [-0.4, -0.2) is 35.2 Å². The molecule has 0 atom stereocenters. The van der Waals surface area contributed by atoms with Crippen molar-refractivity contribution in [2.45, 2.75) is 36.5 Å². The van der Waals surface area contributed by atoms with Crippen molar-refractivity contribution in [1.82, 2.24) is 0 Å². The van der Waals surface area contributed by atoms with Crippen molar-refractivity contribution in [1.29, 1.82) is 0 Å². The summed E-state index contributed by atoms with van der Waals surface area (Å²) in [7, 11) is 0. The van der Waals surface area contributed by atoms with Crippen LogP contribution < -0.4 is 0 Å². The minimum Gasteiger partial charge on any atom is -0.200 e. The zero-order chi connectivity index (χ0) is 21.8. The molecule has 0 aromatic heterocycles. The molecule has 2 aromatic carbocycles. The number of benzene rings is 2. The van der Waals surface area contributed by atoms with E-state index in [1.54, 1.807) is 0 Å². The highest BCUT2D eigenvalue weighted by atomic mass is 32.2. The molecular weight excluding hydrogens is 424 g/mol. The minimum atomic E-state index is -4.64. The molecule has 0 bridgehead atoms. The fraction of sp³-hybridized carbons (Fsp3) is 0.400. The third-order valence-corrected chi connectivity index (χ3v) is 5.31. The highest BCUT2D eigenvalue weighted by Gasteiger charge is 2.58. The Hall–Kier alpha value is -1.77. The van der Waals surface area contributed by atoms with Crippen LogP contribution in [-0.2, 0) is 12.8 Å². The Morgan fingerprint density at radius 1 is 0.483 bits per heavy atom. The summed E-state index contributed by atoms with van der Waals surface area (Å²) in [5.74, 6) is -21.7. The second-order valence-electron chi connectivity index (χ2n) is 6.64. The Balaban J connectivity index is 1.96. The maximum absolute atomic E-state index is 13.9. The summed E-state index contributed by atoms with van der Waals surface area (Å²) in [5.41, 5.74) is -0.108. The number of alkyl halides is 8. The molecule has 0 aliphatic carbocycles. The highest BCUT2D eigenvalue weighted by Crippen LogP contribution is 2.43. The fourth-order valence-corrected chi connectivity index (χ4v) is 3.52. The largest absolute Gasteiger partial charge is 0.319 e. The average Bonchev–Trinajstić information content (AvgIpc) is 2.62. The van der Waals surface area contributed by atoms with Crippen molar-refractivity contribution < 1.29 is 35.1 Å². The van der Waals surface area contributed by atoms with Gasteiger partial charge in [-0.15, -0.1) is 11.8 Å². The molecule has 0 spiro atoms. The molecule has 9 heteroatoms. The van der Waals surface area contributed by atoms with E-state index in [0.717, 1.165) is 0 Å². The standard InChI is InChI=1S/C20H18F8S/c21-17(22,11-15-7-3-1-4-8-15)19(25,26)13-29-14-20(27,28)18(23,24)12-16-9-5-2-6-10-16/h1-10H,11-14H2. The van der Waals surface area contributed by atoms with Crippen LogP contribution >= 0.6 is 11.8 Å². The molecule has 0 nitrogen and oxygen atoms in total. The Bertz CT molecular complexity index is 697. The van der Waals surface area contributed by atoms with Gasteiger partial charge < -0.3 is 0 Å². The van der Waals surface area contributed by atoms with Gasteiger partial charge in [0.15, 0.2) is 0 Å². The smallest absolute Gasteiger partial charge is 0.200 e. The summed E-state index contributed by atoms with van der Waals surface area (Å²) in [5, 5.41) is 0. The summed E-state index contributed by atoms with van der Waals surface area (Å²) >= 11 is -0.318. The minimum absolute atomic E-state index is 0.0538. The van der Waals surface area contributed by atoms with Gasteiger partial charge in [-0.3, -0.25) is 0 Å². The molecule has 0 aliphatic heterocycles. The molecule has 0 amide bonds. The van der Waals surface area contributed by atoms with E-state index in [-0.39, 0.29) is 22.9 Å². The van der Waals surface area contributed by atoms with Gasteiger partial charge in [0.05, 0.1) is 11.5 Å². The van der Waals surface area contributed by atoms with Gasteiger partial charge in [-0.2, -0.15) is 35.1 Å². The molecule has 2 rings (SSSR count). The molecule has 2 aromatic rings. The topological polar surface area (TPSA) is 0 Å². The maximum Gasteiger partial charge on any atom is 0.319 e. The first-order valence-corrected chi connectivity index (χ1v) is 9.69. The molecule has 0 unspecified atom stereocenters. The van der Waals surface area contributed by atoms with Gasteiger partial charge in [0.1, 0.15) is 0 Å². The summed E-state index contributed by atoms with van der Waals surface area (Å²) in [6, 6.07) is 13.6. The first-order chi connectivity index (χ1) is 13.4. The van der Waals surface area contributed by atoms with Crippen LogP contribution in [0.4, 0.5) is 35.1 Å². The third kappa shape index (κ3) is 6.10. The first-order valence-electron chi connectivity index (χ1n) is 8.53. The molecule has 0 N–H and O–H groups in total. The van der Waals surface area contributed by atoms with Gasteiger partial charge in [0.25, 0.3) is 0 Å². The number of hydrogen-bond acceptors (Lipinski definition) is 1. The van der Waals surface area contributed by atoms with Gasteiger partial charge in [-0.25, -0.2) is 0 Å². The Kier molecular flexibility index (Phi) is 7.24. The predicted molar refractivity (Wildman–Crippen MR) is 97.4 cm³/mol. The molecule has 0 saturated heterocycles. The van der Waals surface area contributed by atoms with Crippen LogP contribution in [0.25, 0.3) is 0 Å². The van der Waals surface area contributed by atoms with E-state index in [9.17, 15) is 35.1 Å². The number of hydrogen-bond donors (Lipinski definition) is 0. The highest BCUT2D eigenvalue weighted by molar-refractivity contribution is 7.99. The molecular formula is C20H18F8S. The quantitative estimate of drug-likeness (QED) is 0.367. The van der Waals surface area contributed by atoms with Crippen molar-refractivity contribution in [3.8, 4) is 0 Å². The van der Waals surface area contributed by atoms with Crippen molar-refractivity contribution in [3.63, 3.8) is 0 Å². The molecule has 0 saturated carbocycles. The van der Waals surface area contributed by atoms with E-state index in [4.69, 9.17) is 0 Å². The molecule has 0 aliphatic rings. The fourth-order valence-electron chi connectivity index (χ4n) is 2.48. The monoisotopic (exact) mass is 442 g/mol. The summed E-state index contributed by atoms with van der Waals surface area (Å²) in [6.07, 6.45) is -2.58. The van der Waals surface area contributed by atoms with Crippen LogP contribution in [0, 0.1) is 0 Å². The Morgan fingerprint density at radius 3 is 1.10 bits per heavy atom. The summed E-state index contributed by atoms with van der Waals surface area (Å²) < 4.78 is 111. The summed E-state index contributed by atoms with van der Waals surface area (Å²) in [6.45, 7) is 0. The van der Waals surface area contributed by atoms with E-state index in [0.29, 0.717) is 0 Å². The lowest BCUT2D eigenvalue weighted by Gasteiger charge is -2.29. The second kappa shape index (κ2) is 8.93.